The van der Waals surface area contributed by atoms with Crippen molar-refractivity contribution in [2.45, 2.75) is 0 Å². The number of rotatable bonds is 3. The zero-order valence-electron chi connectivity index (χ0n) is 9.55. The van der Waals surface area contributed by atoms with Crippen molar-refractivity contribution in [3.05, 3.63) is 52.4 Å². The van der Waals surface area contributed by atoms with Crippen LogP contribution in [0.3, 0.4) is 0 Å². The van der Waals surface area contributed by atoms with Gasteiger partial charge in [0.15, 0.2) is 5.84 Å². The fourth-order valence-electron chi connectivity index (χ4n) is 1.32. The fraction of sp³-hybridized carbons (Fsp3) is 0. The quantitative estimate of drug-likeness (QED) is 0.393. The van der Waals surface area contributed by atoms with Crippen LogP contribution in [0.5, 0.6) is 11.6 Å². The summed E-state index contributed by atoms with van der Waals surface area (Å²) in [4.78, 5) is 4.00. The topological polar surface area (TPSA) is 80.7 Å². The van der Waals surface area contributed by atoms with Gasteiger partial charge in [0.2, 0.25) is 5.88 Å². The first-order valence-electron chi connectivity index (χ1n) is 5.17. The second-order valence-electron chi connectivity index (χ2n) is 3.55. The lowest BCUT2D eigenvalue weighted by Gasteiger charge is -2.07. The summed E-state index contributed by atoms with van der Waals surface area (Å²) in [7, 11) is 0. The molecule has 2 rings (SSSR count). The van der Waals surface area contributed by atoms with E-state index in [9.17, 15) is 4.39 Å². The van der Waals surface area contributed by atoms with Gasteiger partial charge in [0.05, 0.1) is 4.47 Å². The van der Waals surface area contributed by atoms with Gasteiger partial charge >= 0.3 is 0 Å². The van der Waals surface area contributed by atoms with E-state index in [4.69, 9.17) is 15.7 Å². The molecule has 0 bridgehead atoms. The van der Waals surface area contributed by atoms with Gasteiger partial charge in [0.25, 0.3) is 0 Å². The van der Waals surface area contributed by atoms with E-state index in [1.165, 1.54) is 24.4 Å². The molecule has 19 heavy (non-hydrogen) atoms. The minimum Gasteiger partial charge on any atom is -0.438 e. The molecule has 0 radical (unpaired) electrons. The van der Waals surface area contributed by atoms with Crippen molar-refractivity contribution in [1.29, 1.82) is 0 Å². The normalized spacial score (nSPS) is 11.4. The highest BCUT2D eigenvalue weighted by Crippen LogP contribution is 2.29. The Labute approximate surface area is 116 Å². The van der Waals surface area contributed by atoms with Crippen LogP contribution in [0.25, 0.3) is 0 Å². The van der Waals surface area contributed by atoms with Crippen LogP contribution in [0, 0.1) is 5.82 Å². The van der Waals surface area contributed by atoms with Crippen molar-refractivity contribution in [2.75, 3.05) is 0 Å². The maximum Gasteiger partial charge on any atom is 0.219 e. The lowest BCUT2D eigenvalue weighted by atomic mass is 10.3. The molecule has 1 aromatic carbocycles. The Kier molecular flexibility index (Phi) is 3.96. The molecular weight excluding hydrogens is 317 g/mol. The average Bonchev–Trinajstić information content (AvgIpc) is 2.42. The van der Waals surface area contributed by atoms with Gasteiger partial charge in [-0.15, -0.1) is 0 Å². The molecule has 0 amide bonds. The van der Waals surface area contributed by atoms with Crippen LogP contribution in [0.4, 0.5) is 4.39 Å². The van der Waals surface area contributed by atoms with Crippen molar-refractivity contribution in [1.82, 2.24) is 4.98 Å². The van der Waals surface area contributed by atoms with Gasteiger partial charge in [-0.25, -0.2) is 9.37 Å². The van der Waals surface area contributed by atoms with Gasteiger partial charge < -0.3 is 15.7 Å². The van der Waals surface area contributed by atoms with Gasteiger partial charge in [-0.1, -0.05) is 5.16 Å². The number of aromatic nitrogens is 1. The van der Waals surface area contributed by atoms with Crippen molar-refractivity contribution in [2.24, 2.45) is 10.9 Å². The molecule has 0 aliphatic carbocycles. The molecular formula is C12H9BrFN3O2. The third-order valence-corrected chi connectivity index (χ3v) is 2.87. The molecule has 98 valence electrons. The molecule has 0 spiro atoms. The SMILES string of the molecule is N/C(=N\O)c1ccc(Oc2ccc(F)cc2Br)nc1. The predicted octanol–water partition coefficient (Wildman–Crippen LogP) is 2.87. The summed E-state index contributed by atoms with van der Waals surface area (Å²) in [5, 5.41) is 11.4. The summed E-state index contributed by atoms with van der Waals surface area (Å²) in [6, 6.07) is 7.21. The number of hydrogen-bond donors (Lipinski definition) is 2. The zero-order chi connectivity index (χ0) is 13.8. The van der Waals surface area contributed by atoms with Crippen molar-refractivity contribution >= 4 is 21.8 Å². The number of ether oxygens (including phenoxy) is 1. The molecule has 0 fully saturated rings. The number of halogens is 2. The first-order chi connectivity index (χ1) is 9.10. The van der Waals surface area contributed by atoms with Crippen molar-refractivity contribution < 1.29 is 14.3 Å². The Balaban J connectivity index is 2.20. The van der Waals surface area contributed by atoms with Crippen LogP contribution in [-0.2, 0) is 0 Å². The molecule has 0 saturated carbocycles. The molecule has 1 aromatic heterocycles. The summed E-state index contributed by atoms with van der Waals surface area (Å²) < 4.78 is 18.9. The van der Waals surface area contributed by atoms with E-state index in [-0.39, 0.29) is 11.7 Å². The Hall–Kier alpha value is -2.15. The predicted molar refractivity (Wildman–Crippen MR) is 70.9 cm³/mol. The van der Waals surface area contributed by atoms with Crippen LogP contribution >= 0.6 is 15.9 Å². The van der Waals surface area contributed by atoms with E-state index in [0.29, 0.717) is 21.7 Å². The monoisotopic (exact) mass is 325 g/mol. The Morgan fingerprint density at radius 2 is 2.16 bits per heavy atom. The number of oxime groups is 1. The largest absolute Gasteiger partial charge is 0.438 e. The summed E-state index contributed by atoms with van der Waals surface area (Å²) >= 11 is 3.19. The Bertz CT molecular complexity index is 617. The third kappa shape index (κ3) is 3.19. The molecule has 3 N–H and O–H groups in total. The smallest absolute Gasteiger partial charge is 0.219 e. The van der Waals surface area contributed by atoms with Crippen LogP contribution in [0.15, 0.2) is 46.2 Å². The molecule has 1 heterocycles. The van der Waals surface area contributed by atoms with E-state index in [1.54, 1.807) is 12.1 Å². The first kappa shape index (κ1) is 13.3. The van der Waals surface area contributed by atoms with Gasteiger partial charge in [0, 0.05) is 17.8 Å². The van der Waals surface area contributed by atoms with Crippen LogP contribution in [0.1, 0.15) is 5.56 Å². The van der Waals surface area contributed by atoms with E-state index in [1.807, 2.05) is 0 Å². The van der Waals surface area contributed by atoms with E-state index >= 15 is 0 Å². The average molecular weight is 326 g/mol. The van der Waals surface area contributed by atoms with Crippen molar-refractivity contribution in [3.8, 4) is 11.6 Å². The lowest BCUT2D eigenvalue weighted by Crippen LogP contribution is -2.13. The standard InChI is InChI=1S/C12H9BrFN3O2/c13-9-5-8(14)2-3-10(9)19-11-4-1-7(6-16-11)12(15)17-18/h1-6,18H,(H2,15,17). The number of hydrogen-bond acceptors (Lipinski definition) is 4. The Morgan fingerprint density at radius 1 is 1.37 bits per heavy atom. The van der Waals surface area contributed by atoms with Gasteiger partial charge in [-0.05, 0) is 40.2 Å². The number of amidine groups is 1. The maximum absolute atomic E-state index is 12.9. The van der Waals surface area contributed by atoms with E-state index < -0.39 is 0 Å². The number of nitrogens with zero attached hydrogens (tertiary/aromatic N) is 2. The minimum atomic E-state index is -0.366. The number of nitrogens with two attached hydrogens (primary N) is 1. The fourth-order valence-corrected chi connectivity index (χ4v) is 1.75. The van der Waals surface area contributed by atoms with E-state index in [0.717, 1.165) is 0 Å². The van der Waals surface area contributed by atoms with Gasteiger partial charge in [0.1, 0.15) is 11.6 Å². The first-order valence-corrected chi connectivity index (χ1v) is 5.96. The molecule has 0 unspecified atom stereocenters. The highest BCUT2D eigenvalue weighted by atomic mass is 79.9. The molecule has 0 aliphatic heterocycles. The lowest BCUT2D eigenvalue weighted by molar-refractivity contribution is 0.318. The molecule has 7 heteroatoms. The highest BCUT2D eigenvalue weighted by Gasteiger charge is 2.06. The molecule has 0 saturated heterocycles. The zero-order valence-corrected chi connectivity index (χ0v) is 11.1. The molecule has 2 aromatic rings. The summed E-state index contributed by atoms with van der Waals surface area (Å²) in [6.45, 7) is 0. The number of pyridine rings is 1. The summed E-state index contributed by atoms with van der Waals surface area (Å²) in [6.07, 6.45) is 1.40. The second-order valence-corrected chi connectivity index (χ2v) is 4.40. The molecule has 0 aliphatic rings. The van der Waals surface area contributed by atoms with Gasteiger partial charge in [-0.3, -0.25) is 0 Å². The van der Waals surface area contributed by atoms with Crippen molar-refractivity contribution in [3.63, 3.8) is 0 Å². The number of benzene rings is 1. The summed E-state index contributed by atoms with van der Waals surface area (Å²) in [5.74, 6) is 0.337. The third-order valence-electron chi connectivity index (χ3n) is 2.25. The summed E-state index contributed by atoms with van der Waals surface area (Å²) in [5.41, 5.74) is 5.87. The highest BCUT2D eigenvalue weighted by molar-refractivity contribution is 9.10. The van der Waals surface area contributed by atoms with Crippen LogP contribution in [0.2, 0.25) is 0 Å². The Morgan fingerprint density at radius 3 is 2.74 bits per heavy atom. The molecule has 0 atom stereocenters. The van der Waals surface area contributed by atoms with E-state index in [2.05, 4.69) is 26.1 Å². The molecule has 5 nitrogen and oxygen atoms in total. The second kappa shape index (κ2) is 5.66. The van der Waals surface area contributed by atoms with Crippen LogP contribution in [-0.4, -0.2) is 16.0 Å². The van der Waals surface area contributed by atoms with Crippen LogP contribution < -0.4 is 10.5 Å². The minimum absolute atomic E-state index is 0.0398. The maximum atomic E-state index is 12.9. The van der Waals surface area contributed by atoms with Gasteiger partial charge in [-0.2, -0.15) is 0 Å².